The Morgan fingerprint density at radius 1 is 1.24 bits per heavy atom. The summed E-state index contributed by atoms with van der Waals surface area (Å²) in [6.07, 6.45) is 2.36. The minimum Gasteiger partial charge on any atom is -0.489 e. The second-order valence-corrected chi connectivity index (χ2v) is 8.14. The number of ether oxygens (including phenoxy) is 2. The Hall–Kier alpha value is -2.31. The van der Waals surface area contributed by atoms with Crippen molar-refractivity contribution in [1.29, 1.82) is 0 Å². The highest BCUT2D eigenvalue weighted by atomic mass is 35.5. The molecule has 0 bridgehead atoms. The number of rotatable bonds is 4. The first-order valence-corrected chi connectivity index (χ1v) is 10.4. The van der Waals surface area contributed by atoms with Crippen LogP contribution in [0, 0.1) is 13.8 Å². The van der Waals surface area contributed by atoms with E-state index >= 15 is 0 Å². The van der Waals surface area contributed by atoms with Crippen molar-refractivity contribution < 1.29 is 14.3 Å². The molecule has 7 heteroatoms. The lowest BCUT2D eigenvalue weighted by Gasteiger charge is -2.30. The predicted molar refractivity (Wildman–Crippen MR) is 111 cm³/mol. The summed E-state index contributed by atoms with van der Waals surface area (Å²) < 4.78 is 11.4. The number of carbonyl (C=O) groups is 1. The quantitative estimate of drug-likeness (QED) is 0.829. The first-order chi connectivity index (χ1) is 13.9. The van der Waals surface area contributed by atoms with Crippen molar-refractivity contribution in [3.63, 3.8) is 0 Å². The highest BCUT2D eigenvalue weighted by Crippen LogP contribution is 2.35. The van der Waals surface area contributed by atoms with Crippen LogP contribution < -0.4 is 10.3 Å². The monoisotopic (exact) mass is 416 g/mol. The summed E-state index contributed by atoms with van der Waals surface area (Å²) in [5, 5.41) is 0.359. The van der Waals surface area contributed by atoms with Gasteiger partial charge in [-0.2, -0.15) is 0 Å². The SMILES string of the molecule is Cc1cc(C)c(CN2CCc3ccc(OC4CCOCC4)c(Cl)c3C2=O)c(=O)[nH]1. The van der Waals surface area contributed by atoms with Crippen LogP contribution in [0.5, 0.6) is 5.75 Å². The van der Waals surface area contributed by atoms with Crippen LogP contribution in [0.1, 0.15) is 45.6 Å². The number of fused-ring (bicyclic) bond motifs is 1. The normalized spacial score (nSPS) is 17.3. The number of hydrogen-bond donors (Lipinski definition) is 1. The van der Waals surface area contributed by atoms with E-state index < -0.39 is 0 Å². The van der Waals surface area contributed by atoms with Crippen molar-refractivity contribution in [2.75, 3.05) is 19.8 Å². The van der Waals surface area contributed by atoms with Crippen LogP contribution in [0.2, 0.25) is 5.02 Å². The molecule has 3 heterocycles. The number of nitrogens with zero attached hydrogens (tertiary/aromatic N) is 1. The molecule has 6 nitrogen and oxygen atoms in total. The van der Waals surface area contributed by atoms with Gasteiger partial charge in [-0.05, 0) is 43.5 Å². The lowest BCUT2D eigenvalue weighted by Crippen LogP contribution is -2.39. The van der Waals surface area contributed by atoms with Gasteiger partial charge < -0.3 is 19.4 Å². The third kappa shape index (κ3) is 4.05. The molecule has 1 saturated heterocycles. The molecular weight excluding hydrogens is 392 g/mol. The Morgan fingerprint density at radius 2 is 2.00 bits per heavy atom. The molecule has 0 unspecified atom stereocenters. The van der Waals surface area contributed by atoms with Gasteiger partial charge in [0.15, 0.2) is 0 Å². The van der Waals surface area contributed by atoms with Crippen molar-refractivity contribution in [2.45, 2.75) is 45.8 Å². The van der Waals surface area contributed by atoms with E-state index in [2.05, 4.69) is 4.98 Å². The predicted octanol–water partition coefficient (Wildman–Crippen LogP) is 3.40. The smallest absolute Gasteiger partial charge is 0.256 e. The molecule has 0 spiro atoms. The number of aromatic nitrogens is 1. The molecule has 1 N–H and O–H groups in total. The van der Waals surface area contributed by atoms with Gasteiger partial charge in [0.05, 0.1) is 30.3 Å². The molecule has 2 aliphatic rings. The number of amides is 1. The Balaban J connectivity index is 1.59. The molecule has 2 aromatic rings. The van der Waals surface area contributed by atoms with E-state index in [0.717, 1.165) is 29.7 Å². The average molecular weight is 417 g/mol. The topological polar surface area (TPSA) is 71.6 Å². The number of aromatic amines is 1. The number of H-pyrrole nitrogens is 1. The van der Waals surface area contributed by atoms with Gasteiger partial charge in [-0.15, -0.1) is 0 Å². The summed E-state index contributed by atoms with van der Waals surface area (Å²) in [4.78, 5) is 30.1. The van der Waals surface area contributed by atoms with Crippen molar-refractivity contribution in [3.05, 3.63) is 61.5 Å². The van der Waals surface area contributed by atoms with Gasteiger partial charge in [-0.1, -0.05) is 17.7 Å². The summed E-state index contributed by atoms with van der Waals surface area (Å²) in [6, 6.07) is 5.70. The number of pyridine rings is 1. The zero-order chi connectivity index (χ0) is 20.5. The van der Waals surface area contributed by atoms with Gasteiger partial charge in [-0.3, -0.25) is 9.59 Å². The van der Waals surface area contributed by atoms with Crippen LogP contribution in [-0.2, 0) is 17.7 Å². The second-order valence-electron chi connectivity index (χ2n) is 7.76. The molecule has 4 rings (SSSR count). The van der Waals surface area contributed by atoms with Crippen molar-refractivity contribution in [2.24, 2.45) is 0 Å². The zero-order valence-corrected chi connectivity index (χ0v) is 17.5. The van der Waals surface area contributed by atoms with Crippen LogP contribution >= 0.6 is 11.6 Å². The highest BCUT2D eigenvalue weighted by Gasteiger charge is 2.30. The van der Waals surface area contributed by atoms with E-state index in [1.54, 1.807) is 4.90 Å². The zero-order valence-electron chi connectivity index (χ0n) is 16.7. The van der Waals surface area contributed by atoms with Gasteiger partial charge in [0.25, 0.3) is 11.5 Å². The molecule has 0 atom stereocenters. The Labute approximate surface area is 174 Å². The molecule has 0 aliphatic carbocycles. The van der Waals surface area contributed by atoms with Crippen molar-refractivity contribution in [1.82, 2.24) is 9.88 Å². The number of halogens is 1. The van der Waals surface area contributed by atoms with Crippen LogP contribution in [0.3, 0.4) is 0 Å². The minimum absolute atomic E-state index is 0.0443. The molecule has 1 fully saturated rings. The summed E-state index contributed by atoms with van der Waals surface area (Å²) in [5.41, 5.74) is 3.56. The molecule has 1 aromatic carbocycles. The van der Waals surface area contributed by atoms with E-state index in [1.807, 2.05) is 32.0 Å². The Kier molecular flexibility index (Phi) is 5.65. The van der Waals surface area contributed by atoms with Crippen LogP contribution in [0.15, 0.2) is 23.0 Å². The first kappa shape index (κ1) is 20.0. The average Bonchev–Trinajstić information content (AvgIpc) is 2.69. The van der Waals surface area contributed by atoms with E-state index in [0.29, 0.717) is 48.1 Å². The lowest BCUT2D eigenvalue weighted by atomic mass is 9.97. The third-order valence-electron chi connectivity index (χ3n) is 5.65. The van der Waals surface area contributed by atoms with E-state index in [-0.39, 0.29) is 24.1 Å². The van der Waals surface area contributed by atoms with E-state index in [9.17, 15) is 9.59 Å². The lowest BCUT2D eigenvalue weighted by molar-refractivity contribution is 0.0255. The Bertz CT molecular complexity index is 995. The fourth-order valence-electron chi connectivity index (χ4n) is 4.04. The summed E-state index contributed by atoms with van der Waals surface area (Å²) in [7, 11) is 0. The molecule has 0 radical (unpaired) electrons. The maximum Gasteiger partial charge on any atom is 0.256 e. The standard InChI is InChI=1S/C22H25ClN2O4/c1-13-11-14(2)24-21(26)17(13)12-25-8-5-15-3-4-18(20(23)19(15)22(25)27)29-16-6-9-28-10-7-16/h3-4,11,16H,5-10,12H2,1-2H3,(H,24,26). The third-order valence-corrected chi connectivity index (χ3v) is 6.02. The fraction of sp³-hybridized carbons (Fsp3) is 0.455. The molecule has 1 amide bonds. The van der Waals surface area contributed by atoms with Crippen LogP contribution in [0.25, 0.3) is 0 Å². The number of hydrogen-bond acceptors (Lipinski definition) is 4. The highest BCUT2D eigenvalue weighted by molar-refractivity contribution is 6.35. The summed E-state index contributed by atoms with van der Waals surface area (Å²) in [5.74, 6) is 0.380. The van der Waals surface area contributed by atoms with Gasteiger partial charge >= 0.3 is 0 Å². The van der Waals surface area contributed by atoms with Gasteiger partial charge in [-0.25, -0.2) is 0 Å². The fourth-order valence-corrected chi connectivity index (χ4v) is 4.35. The number of aryl methyl sites for hydroxylation is 2. The molecule has 29 heavy (non-hydrogen) atoms. The van der Waals surface area contributed by atoms with Crippen molar-refractivity contribution in [3.8, 4) is 5.75 Å². The summed E-state index contributed by atoms with van der Waals surface area (Å²) in [6.45, 7) is 5.90. The van der Waals surface area contributed by atoms with E-state index in [1.165, 1.54) is 0 Å². The minimum atomic E-state index is -0.159. The molecule has 154 valence electrons. The number of carbonyl (C=O) groups excluding carboxylic acids is 1. The van der Waals surface area contributed by atoms with Crippen molar-refractivity contribution >= 4 is 17.5 Å². The van der Waals surface area contributed by atoms with Gasteiger partial charge in [0.2, 0.25) is 0 Å². The molecule has 1 aromatic heterocycles. The van der Waals surface area contributed by atoms with Gasteiger partial charge in [0, 0.05) is 30.6 Å². The second kappa shape index (κ2) is 8.20. The number of benzene rings is 1. The largest absolute Gasteiger partial charge is 0.489 e. The first-order valence-electron chi connectivity index (χ1n) is 9.98. The maximum atomic E-state index is 13.2. The Morgan fingerprint density at radius 3 is 2.72 bits per heavy atom. The summed E-state index contributed by atoms with van der Waals surface area (Å²) >= 11 is 6.62. The molecule has 2 aliphatic heterocycles. The van der Waals surface area contributed by atoms with Gasteiger partial charge in [0.1, 0.15) is 11.9 Å². The maximum absolute atomic E-state index is 13.2. The molecule has 0 saturated carbocycles. The van der Waals surface area contributed by atoms with Crippen LogP contribution in [0.4, 0.5) is 0 Å². The van der Waals surface area contributed by atoms with Crippen LogP contribution in [-0.4, -0.2) is 41.7 Å². The molecular formula is C22H25ClN2O4. The van der Waals surface area contributed by atoms with E-state index in [4.69, 9.17) is 21.1 Å². The number of nitrogens with one attached hydrogen (secondary N) is 1.